The van der Waals surface area contributed by atoms with Gasteiger partial charge < -0.3 is 20.1 Å². The van der Waals surface area contributed by atoms with E-state index in [0.29, 0.717) is 18.7 Å². The van der Waals surface area contributed by atoms with Gasteiger partial charge in [-0.1, -0.05) is 6.07 Å². The van der Waals surface area contributed by atoms with Gasteiger partial charge in [0, 0.05) is 37.4 Å². The summed E-state index contributed by atoms with van der Waals surface area (Å²) in [5, 5.41) is 6.62. The first kappa shape index (κ1) is 17.1. The molecule has 0 spiro atoms. The Bertz CT molecular complexity index is 535. The molecular weight excluding hydrogens is 304 g/mol. The van der Waals surface area contributed by atoms with Crippen LogP contribution in [0.1, 0.15) is 45.4 Å². The second-order valence-electron chi connectivity index (χ2n) is 6.87. The molecule has 5 heteroatoms. The molecule has 1 heterocycles. The lowest BCUT2D eigenvalue weighted by molar-refractivity contribution is -0.119. The lowest BCUT2D eigenvalue weighted by Gasteiger charge is -2.30. The Morgan fingerprint density at radius 1 is 1.21 bits per heavy atom. The van der Waals surface area contributed by atoms with Crippen LogP contribution in [0, 0.1) is 0 Å². The molecule has 0 unspecified atom stereocenters. The number of amides is 1. The third-order valence-corrected chi connectivity index (χ3v) is 4.80. The quantitative estimate of drug-likeness (QED) is 0.840. The maximum Gasteiger partial charge on any atom is 0.217 e. The van der Waals surface area contributed by atoms with Gasteiger partial charge in [0.15, 0.2) is 0 Å². The van der Waals surface area contributed by atoms with E-state index in [9.17, 15) is 4.79 Å². The summed E-state index contributed by atoms with van der Waals surface area (Å²) >= 11 is 0. The van der Waals surface area contributed by atoms with Crippen molar-refractivity contribution in [1.82, 2.24) is 5.32 Å². The van der Waals surface area contributed by atoms with E-state index in [1.807, 2.05) is 12.1 Å². The molecule has 1 aliphatic heterocycles. The minimum Gasteiger partial charge on any atom is -0.491 e. The van der Waals surface area contributed by atoms with E-state index >= 15 is 0 Å². The molecule has 1 aromatic carbocycles. The van der Waals surface area contributed by atoms with Gasteiger partial charge in [-0.15, -0.1) is 0 Å². The standard InChI is InChI=1S/C19H28N2O3/c1-14(22)20-15-7-9-16(10-8-15)21-17-4-2-5-18(12-17)24-13-19-6-3-11-23-19/h2,4-5,12,15-16,19,21H,3,6-11,13H2,1H3,(H,20,22)/t15?,16?,19-/m1/s1. The average molecular weight is 332 g/mol. The summed E-state index contributed by atoms with van der Waals surface area (Å²) in [5.74, 6) is 0.963. The summed E-state index contributed by atoms with van der Waals surface area (Å²) in [5.41, 5.74) is 1.10. The first-order valence-corrected chi connectivity index (χ1v) is 9.07. The van der Waals surface area contributed by atoms with Crippen molar-refractivity contribution in [3.05, 3.63) is 24.3 Å². The molecule has 1 amide bonds. The summed E-state index contributed by atoms with van der Waals surface area (Å²) in [6.07, 6.45) is 6.69. The van der Waals surface area contributed by atoms with Gasteiger partial charge in [0.05, 0.1) is 6.10 Å². The highest BCUT2D eigenvalue weighted by Gasteiger charge is 2.21. The zero-order valence-electron chi connectivity index (χ0n) is 14.4. The van der Waals surface area contributed by atoms with Crippen molar-refractivity contribution in [2.45, 2.75) is 63.6 Å². The van der Waals surface area contributed by atoms with E-state index in [4.69, 9.17) is 9.47 Å². The third kappa shape index (κ3) is 5.13. The number of hydrogen-bond donors (Lipinski definition) is 2. The predicted octanol–water partition coefficient (Wildman–Crippen LogP) is 3.10. The van der Waals surface area contributed by atoms with Gasteiger partial charge in [0.2, 0.25) is 5.91 Å². The lowest BCUT2D eigenvalue weighted by Crippen LogP contribution is -2.39. The van der Waals surface area contributed by atoms with Crippen LogP contribution >= 0.6 is 0 Å². The number of carbonyl (C=O) groups excluding carboxylic acids is 1. The lowest BCUT2D eigenvalue weighted by atomic mass is 9.91. The molecule has 0 aromatic heterocycles. The Labute approximate surface area is 144 Å². The van der Waals surface area contributed by atoms with Crippen LogP contribution in [0.5, 0.6) is 5.75 Å². The van der Waals surface area contributed by atoms with Gasteiger partial charge in [-0.2, -0.15) is 0 Å². The fourth-order valence-corrected chi connectivity index (χ4v) is 3.55. The first-order valence-electron chi connectivity index (χ1n) is 9.07. The van der Waals surface area contributed by atoms with Crippen LogP contribution in [0.3, 0.4) is 0 Å². The van der Waals surface area contributed by atoms with Crippen molar-refractivity contribution in [3.8, 4) is 5.75 Å². The normalized spacial score (nSPS) is 26.8. The zero-order valence-corrected chi connectivity index (χ0v) is 14.4. The number of carbonyl (C=O) groups is 1. The highest BCUT2D eigenvalue weighted by Crippen LogP contribution is 2.25. The van der Waals surface area contributed by atoms with Crippen molar-refractivity contribution >= 4 is 11.6 Å². The molecule has 2 fully saturated rings. The number of ether oxygens (including phenoxy) is 2. The molecule has 2 aliphatic rings. The number of nitrogens with one attached hydrogen (secondary N) is 2. The number of anilines is 1. The molecule has 24 heavy (non-hydrogen) atoms. The van der Waals surface area contributed by atoms with Crippen molar-refractivity contribution in [2.75, 3.05) is 18.5 Å². The van der Waals surface area contributed by atoms with Gasteiger partial charge >= 0.3 is 0 Å². The van der Waals surface area contributed by atoms with Crippen molar-refractivity contribution in [2.24, 2.45) is 0 Å². The monoisotopic (exact) mass is 332 g/mol. The molecule has 5 nitrogen and oxygen atoms in total. The Hall–Kier alpha value is -1.75. The molecule has 1 atom stereocenters. The molecule has 1 saturated heterocycles. The topological polar surface area (TPSA) is 59.6 Å². The summed E-state index contributed by atoms with van der Waals surface area (Å²) < 4.78 is 11.5. The van der Waals surface area contributed by atoms with Gasteiger partial charge in [-0.05, 0) is 50.7 Å². The summed E-state index contributed by atoms with van der Waals surface area (Å²) in [7, 11) is 0. The second kappa shape index (κ2) is 8.38. The molecule has 132 valence electrons. The molecule has 1 aromatic rings. The second-order valence-corrected chi connectivity index (χ2v) is 6.87. The van der Waals surface area contributed by atoms with Gasteiger partial charge in [-0.3, -0.25) is 4.79 Å². The largest absolute Gasteiger partial charge is 0.491 e. The third-order valence-electron chi connectivity index (χ3n) is 4.80. The zero-order chi connectivity index (χ0) is 16.8. The molecule has 3 rings (SSSR count). The fourth-order valence-electron chi connectivity index (χ4n) is 3.55. The highest BCUT2D eigenvalue weighted by atomic mass is 16.5. The minimum atomic E-state index is 0.0718. The number of benzene rings is 1. The van der Waals surface area contributed by atoms with E-state index in [1.54, 1.807) is 6.92 Å². The summed E-state index contributed by atoms with van der Waals surface area (Å²) in [6.45, 7) is 3.08. The number of rotatable bonds is 6. The maximum absolute atomic E-state index is 11.1. The molecule has 1 saturated carbocycles. The Kier molecular flexibility index (Phi) is 5.96. The smallest absolute Gasteiger partial charge is 0.217 e. The van der Waals surface area contributed by atoms with Crippen molar-refractivity contribution < 1.29 is 14.3 Å². The van der Waals surface area contributed by atoms with E-state index < -0.39 is 0 Å². The maximum atomic E-state index is 11.1. The molecule has 0 bridgehead atoms. The van der Waals surface area contributed by atoms with Gasteiger partial charge in [-0.25, -0.2) is 0 Å². The van der Waals surface area contributed by atoms with Crippen molar-refractivity contribution in [1.29, 1.82) is 0 Å². The molecule has 1 aliphatic carbocycles. The van der Waals surface area contributed by atoms with E-state index in [1.165, 1.54) is 0 Å². The SMILES string of the molecule is CC(=O)NC1CCC(Nc2cccc(OC[C@H]3CCCO3)c2)CC1. The fraction of sp³-hybridized carbons (Fsp3) is 0.632. The van der Waals surface area contributed by atoms with Crippen LogP contribution in [0.4, 0.5) is 5.69 Å². The summed E-state index contributed by atoms with van der Waals surface area (Å²) in [6, 6.07) is 8.96. The van der Waals surface area contributed by atoms with E-state index in [0.717, 1.165) is 56.6 Å². The Balaban J connectivity index is 1.45. The van der Waals surface area contributed by atoms with E-state index in [2.05, 4.69) is 22.8 Å². The Morgan fingerprint density at radius 2 is 2.00 bits per heavy atom. The van der Waals surface area contributed by atoms with Crippen molar-refractivity contribution in [3.63, 3.8) is 0 Å². The van der Waals surface area contributed by atoms with Crippen LogP contribution in [0.15, 0.2) is 24.3 Å². The predicted molar refractivity (Wildman–Crippen MR) is 94.4 cm³/mol. The van der Waals surface area contributed by atoms with Gasteiger partial charge in [0.25, 0.3) is 0 Å². The minimum absolute atomic E-state index is 0.0718. The number of hydrogen-bond acceptors (Lipinski definition) is 4. The van der Waals surface area contributed by atoms with Crippen LogP contribution in [0.25, 0.3) is 0 Å². The Morgan fingerprint density at radius 3 is 2.71 bits per heavy atom. The average Bonchev–Trinajstić information content (AvgIpc) is 3.08. The summed E-state index contributed by atoms with van der Waals surface area (Å²) in [4.78, 5) is 11.1. The molecule has 0 radical (unpaired) electrons. The molecular formula is C19H28N2O3. The van der Waals surface area contributed by atoms with Crippen LogP contribution in [-0.2, 0) is 9.53 Å². The van der Waals surface area contributed by atoms with Crippen LogP contribution in [0.2, 0.25) is 0 Å². The highest BCUT2D eigenvalue weighted by molar-refractivity contribution is 5.73. The van der Waals surface area contributed by atoms with Gasteiger partial charge in [0.1, 0.15) is 12.4 Å². The molecule has 2 N–H and O–H groups in total. The van der Waals surface area contributed by atoms with Crippen LogP contribution < -0.4 is 15.4 Å². The van der Waals surface area contributed by atoms with E-state index in [-0.39, 0.29) is 12.0 Å². The first-order chi connectivity index (χ1) is 11.7. The van der Waals surface area contributed by atoms with Crippen LogP contribution in [-0.4, -0.2) is 37.3 Å².